The number of thiophene rings is 1. The second-order valence-corrected chi connectivity index (χ2v) is 8.90. The third-order valence-corrected chi connectivity index (χ3v) is 7.22. The van der Waals surface area contributed by atoms with Gasteiger partial charge in [-0.15, -0.1) is 23.7 Å². The molecule has 0 saturated carbocycles. The molecule has 1 aliphatic carbocycles. The van der Waals surface area contributed by atoms with E-state index in [1.54, 1.807) is 11.3 Å². The quantitative estimate of drug-likeness (QED) is 0.756. The fraction of sp³-hybridized carbons (Fsp3) is 0.409. The number of piperidine rings is 1. The Labute approximate surface area is 170 Å². The monoisotopic (exact) mass is 403 g/mol. The standard InChI is InChI=1S/C22H25NO2S.ClH/c1-22(2,21(24)25)19-13-17-18(26-19)8-7-14-5-3-4-6-16(14)20(17)15-9-11-23-12-10-15;/h3-6,13,23H,7-12H2,1-2H3,(H,24,25);1H. The summed E-state index contributed by atoms with van der Waals surface area (Å²) in [7, 11) is 0. The third kappa shape index (κ3) is 3.58. The number of nitrogens with one attached hydrogen (secondary N) is 1. The van der Waals surface area contributed by atoms with Gasteiger partial charge in [0.25, 0.3) is 0 Å². The number of rotatable bonds is 2. The van der Waals surface area contributed by atoms with Gasteiger partial charge in [-0.25, -0.2) is 0 Å². The first-order chi connectivity index (χ1) is 12.5. The molecule has 2 aromatic rings. The number of halogens is 1. The number of aryl methyl sites for hydroxylation is 2. The van der Waals surface area contributed by atoms with E-state index in [9.17, 15) is 9.90 Å². The zero-order valence-corrected chi connectivity index (χ0v) is 17.4. The second-order valence-electron chi connectivity index (χ2n) is 7.76. The van der Waals surface area contributed by atoms with Crippen LogP contribution in [0.1, 0.15) is 53.1 Å². The van der Waals surface area contributed by atoms with E-state index >= 15 is 0 Å². The van der Waals surface area contributed by atoms with E-state index in [1.165, 1.54) is 32.7 Å². The van der Waals surface area contributed by atoms with Crippen LogP contribution in [0.15, 0.2) is 35.9 Å². The molecule has 2 heterocycles. The minimum atomic E-state index is -0.847. The van der Waals surface area contributed by atoms with Gasteiger partial charge in [0.1, 0.15) is 0 Å². The molecule has 144 valence electrons. The first kappa shape index (κ1) is 20.1. The SMILES string of the molecule is CC(C)(C(=O)O)c1cc2c(s1)CCc1ccccc1C2=C1CCNCC1.Cl. The Bertz CT molecular complexity index is 889. The number of fused-ring (bicyclic) bond motifs is 2. The maximum absolute atomic E-state index is 11.8. The minimum absolute atomic E-state index is 0. The molecule has 1 aromatic carbocycles. The predicted octanol–water partition coefficient (Wildman–Crippen LogP) is 4.82. The minimum Gasteiger partial charge on any atom is -0.481 e. The van der Waals surface area contributed by atoms with Gasteiger partial charge in [0.05, 0.1) is 5.41 Å². The predicted molar refractivity (Wildman–Crippen MR) is 114 cm³/mol. The molecule has 3 nitrogen and oxygen atoms in total. The molecule has 27 heavy (non-hydrogen) atoms. The van der Waals surface area contributed by atoms with Crippen molar-refractivity contribution in [2.24, 2.45) is 0 Å². The average Bonchev–Trinajstić information content (AvgIpc) is 3.00. The summed E-state index contributed by atoms with van der Waals surface area (Å²) in [4.78, 5) is 14.1. The van der Waals surface area contributed by atoms with Crippen LogP contribution in [0.5, 0.6) is 0 Å². The Hall–Kier alpha value is -1.62. The van der Waals surface area contributed by atoms with Crippen LogP contribution in [0, 0.1) is 0 Å². The molecule has 0 radical (unpaired) electrons. The lowest BCUT2D eigenvalue weighted by molar-refractivity contribution is -0.142. The van der Waals surface area contributed by atoms with Crippen LogP contribution in [-0.4, -0.2) is 24.2 Å². The first-order valence-electron chi connectivity index (χ1n) is 9.36. The number of carboxylic acid groups (broad SMARTS) is 1. The van der Waals surface area contributed by atoms with Crippen molar-refractivity contribution in [1.29, 1.82) is 0 Å². The van der Waals surface area contributed by atoms with Crippen LogP contribution in [0.2, 0.25) is 0 Å². The average molecular weight is 404 g/mol. The zero-order chi connectivity index (χ0) is 18.3. The van der Waals surface area contributed by atoms with Gasteiger partial charge in [-0.05, 0) is 81.0 Å². The number of carboxylic acids is 1. The van der Waals surface area contributed by atoms with E-state index < -0.39 is 11.4 Å². The zero-order valence-electron chi connectivity index (χ0n) is 15.8. The van der Waals surface area contributed by atoms with Gasteiger partial charge < -0.3 is 10.4 Å². The molecule has 0 atom stereocenters. The highest BCUT2D eigenvalue weighted by Crippen LogP contribution is 2.43. The van der Waals surface area contributed by atoms with E-state index in [1.807, 2.05) is 13.8 Å². The third-order valence-electron chi connectivity index (χ3n) is 5.70. The lowest BCUT2D eigenvalue weighted by Crippen LogP contribution is -2.27. The number of benzene rings is 1. The van der Waals surface area contributed by atoms with Crippen LogP contribution in [0.25, 0.3) is 5.57 Å². The molecule has 0 spiro atoms. The summed E-state index contributed by atoms with van der Waals surface area (Å²) in [6, 6.07) is 10.9. The van der Waals surface area contributed by atoms with Crippen molar-refractivity contribution in [1.82, 2.24) is 5.32 Å². The van der Waals surface area contributed by atoms with Gasteiger partial charge >= 0.3 is 5.97 Å². The number of hydrogen-bond acceptors (Lipinski definition) is 3. The Balaban J connectivity index is 0.00000210. The van der Waals surface area contributed by atoms with E-state index in [0.29, 0.717) is 0 Å². The molecule has 1 saturated heterocycles. The Morgan fingerprint density at radius 3 is 2.48 bits per heavy atom. The smallest absolute Gasteiger partial charge is 0.314 e. The number of carbonyl (C=O) groups is 1. The van der Waals surface area contributed by atoms with E-state index in [2.05, 4.69) is 35.6 Å². The molecular formula is C22H26ClNO2S. The maximum atomic E-state index is 11.8. The highest BCUT2D eigenvalue weighted by molar-refractivity contribution is 7.12. The fourth-order valence-electron chi connectivity index (χ4n) is 3.97. The van der Waals surface area contributed by atoms with Crippen LogP contribution in [-0.2, 0) is 23.1 Å². The van der Waals surface area contributed by atoms with Crippen molar-refractivity contribution < 1.29 is 9.90 Å². The molecule has 1 aliphatic heterocycles. The molecule has 4 rings (SSSR count). The summed E-state index contributed by atoms with van der Waals surface area (Å²) in [6.45, 7) is 5.67. The molecule has 2 aliphatic rings. The second kappa shape index (κ2) is 7.78. The molecular weight excluding hydrogens is 378 g/mol. The molecule has 0 bridgehead atoms. The highest BCUT2D eigenvalue weighted by Gasteiger charge is 2.34. The number of hydrogen-bond donors (Lipinski definition) is 2. The van der Waals surface area contributed by atoms with Gasteiger partial charge in [0, 0.05) is 9.75 Å². The molecule has 5 heteroatoms. The van der Waals surface area contributed by atoms with Crippen molar-refractivity contribution in [2.45, 2.75) is 44.9 Å². The van der Waals surface area contributed by atoms with E-state index in [0.717, 1.165) is 43.6 Å². The molecule has 1 fully saturated rings. The van der Waals surface area contributed by atoms with Gasteiger partial charge in [-0.1, -0.05) is 29.8 Å². The summed E-state index contributed by atoms with van der Waals surface area (Å²) in [5, 5.41) is 13.1. The van der Waals surface area contributed by atoms with Crippen LogP contribution in [0.3, 0.4) is 0 Å². The summed E-state index contributed by atoms with van der Waals surface area (Å²) in [5.74, 6) is -0.759. The lowest BCUT2D eigenvalue weighted by Gasteiger charge is -2.22. The summed E-state index contributed by atoms with van der Waals surface area (Å²) >= 11 is 1.69. The molecule has 1 aromatic heterocycles. The number of aliphatic carboxylic acids is 1. The fourth-order valence-corrected chi connectivity index (χ4v) is 5.23. The Morgan fingerprint density at radius 1 is 1.07 bits per heavy atom. The maximum Gasteiger partial charge on any atom is 0.314 e. The van der Waals surface area contributed by atoms with Crippen molar-refractivity contribution in [3.05, 3.63) is 62.3 Å². The topological polar surface area (TPSA) is 49.3 Å². The molecule has 0 unspecified atom stereocenters. The van der Waals surface area contributed by atoms with Crippen LogP contribution >= 0.6 is 23.7 Å². The Kier molecular flexibility index (Phi) is 5.80. The summed E-state index contributed by atoms with van der Waals surface area (Å²) in [5.41, 5.74) is 6.08. The van der Waals surface area contributed by atoms with Gasteiger partial charge in [0.15, 0.2) is 0 Å². The Morgan fingerprint density at radius 2 is 1.78 bits per heavy atom. The van der Waals surface area contributed by atoms with Crippen molar-refractivity contribution in [2.75, 3.05) is 13.1 Å². The molecule has 0 amide bonds. The summed E-state index contributed by atoms with van der Waals surface area (Å²) < 4.78 is 0. The van der Waals surface area contributed by atoms with Crippen molar-refractivity contribution in [3.8, 4) is 0 Å². The molecule has 2 N–H and O–H groups in total. The summed E-state index contributed by atoms with van der Waals surface area (Å²) in [6.07, 6.45) is 4.14. The van der Waals surface area contributed by atoms with Crippen LogP contribution < -0.4 is 5.32 Å². The van der Waals surface area contributed by atoms with E-state index in [4.69, 9.17) is 0 Å². The van der Waals surface area contributed by atoms with Gasteiger partial charge in [-0.3, -0.25) is 4.79 Å². The lowest BCUT2D eigenvalue weighted by atomic mass is 9.86. The highest BCUT2D eigenvalue weighted by atomic mass is 35.5. The first-order valence-corrected chi connectivity index (χ1v) is 10.2. The largest absolute Gasteiger partial charge is 0.481 e. The van der Waals surface area contributed by atoms with Gasteiger partial charge in [0.2, 0.25) is 0 Å². The van der Waals surface area contributed by atoms with Crippen LogP contribution in [0.4, 0.5) is 0 Å². The van der Waals surface area contributed by atoms with Crippen molar-refractivity contribution in [3.63, 3.8) is 0 Å². The van der Waals surface area contributed by atoms with Gasteiger partial charge in [-0.2, -0.15) is 0 Å². The van der Waals surface area contributed by atoms with E-state index in [-0.39, 0.29) is 12.4 Å². The normalized spacial score (nSPS) is 16.8. The van der Waals surface area contributed by atoms with Crippen molar-refractivity contribution >= 4 is 35.3 Å².